The summed E-state index contributed by atoms with van der Waals surface area (Å²) in [4.78, 5) is 13.1. The Balaban J connectivity index is 1.88. The van der Waals surface area contributed by atoms with Crippen LogP contribution in [0.25, 0.3) is 0 Å². The van der Waals surface area contributed by atoms with Gasteiger partial charge in [0.25, 0.3) is 0 Å². The van der Waals surface area contributed by atoms with Crippen molar-refractivity contribution < 1.29 is 9.53 Å². The molecular weight excluding hydrogens is 282 g/mol. The van der Waals surface area contributed by atoms with E-state index >= 15 is 0 Å². The predicted octanol–water partition coefficient (Wildman–Crippen LogP) is 4.04. The summed E-state index contributed by atoms with van der Waals surface area (Å²) in [7, 11) is 1.41. The number of carbonyl (C=O) groups excluding carboxylic acids is 1. The number of carbonyl (C=O) groups is 1. The smallest absolute Gasteiger partial charge is 0.338 e. The van der Waals surface area contributed by atoms with E-state index in [1.807, 2.05) is 30.8 Å². The number of thioether (sulfide) groups is 1. The Morgan fingerprint density at radius 3 is 2.86 bits per heavy atom. The molecule has 1 aliphatic rings. The minimum atomic E-state index is -0.294. The topological polar surface area (TPSA) is 38.3 Å². The molecule has 0 aromatic heterocycles. The predicted molar refractivity (Wildman–Crippen MR) is 86.0 cm³/mol. The minimum absolute atomic E-state index is 0.276. The number of hydrogen-bond acceptors (Lipinski definition) is 4. The Morgan fingerprint density at radius 2 is 2.05 bits per heavy atom. The molecule has 0 saturated heterocycles. The highest BCUT2D eigenvalue weighted by Gasteiger charge is 2.23. The largest absolute Gasteiger partial charge is 0.465 e. The molecule has 2 aromatic rings. The van der Waals surface area contributed by atoms with Gasteiger partial charge in [0.2, 0.25) is 0 Å². The van der Waals surface area contributed by atoms with Crippen molar-refractivity contribution in [3.05, 3.63) is 59.2 Å². The lowest BCUT2D eigenvalue weighted by molar-refractivity contribution is 0.0600. The van der Waals surface area contributed by atoms with Crippen LogP contribution in [0.3, 0.4) is 0 Å². The molecule has 3 rings (SSSR count). The number of anilines is 1. The van der Waals surface area contributed by atoms with Crippen molar-refractivity contribution in [1.82, 2.24) is 0 Å². The van der Waals surface area contributed by atoms with Crippen molar-refractivity contribution >= 4 is 23.4 Å². The lowest BCUT2D eigenvalue weighted by Crippen LogP contribution is -2.12. The maximum atomic E-state index is 11.8. The van der Waals surface area contributed by atoms with Crippen molar-refractivity contribution in [2.45, 2.75) is 17.9 Å². The van der Waals surface area contributed by atoms with Crippen LogP contribution in [0.4, 0.5) is 5.69 Å². The maximum Gasteiger partial charge on any atom is 0.338 e. The van der Waals surface area contributed by atoms with Crippen LogP contribution in [0.15, 0.2) is 47.4 Å². The summed E-state index contributed by atoms with van der Waals surface area (Å²) in [5.74, 6) is 0.707. The van der Waals surface area contributed by atoms with Crippen LogP contribution in [0, 0.1) is 6.92 Å². The van der Waals surface area contributed by atoms with E-state index in [1.165, 1.54) is 17.6 Å². The van der Waals surface area contributed by atoms with Gasteiger partial charge in [-0.1, -0.05) is 24.3 Å². The van der Waals surface area contributed by atoms with Crippen LogP contribution in [0.1, 0.15) is 27.5 Å². The van der Waals surface area contributed by atoms with Crippen LogP contribution in [0.2, 0.25) is 0 Å². The van der Waals surface area contributed by atoms with Crippen molar-refractivity contribution in [1.29, 1.82) is 0 Å². The van der Waals surface area contributed by atoms with Crippen LogP contribution in [0.5, 0.6) is 0 Å². The number of rotatable bonds is 3. The molecule has 0 radical (unpaired) electrons. The molecule has 1 unspecified atom stereocenters. The highest BCUT2D eigenvalue weighted by atomic mass is 32.2. The minimum Gasteiger partial charge on any atom is -0.465 e. The van der Waals surface area contributed by atoms with E-state index < -0.39 is 0 Å². The molecule has 4 heteroatoms. The Bertz CT molecular complexity index is 684. The SMILES string of the molecule is COC(=O)c1cccc(NC2CSc3ccccc32)c1C. The summed E-state index contributed by atoms with van der Waals surface area (Å²) in [6.07, 6.45) is 0. The third kappa shape index (κ3) is 2.63. The summed E-state index contributed by atoms with van der Waals surface area (Å²) in [6, 6.07) is 14.4. The van der Waals surface area contributed by atoms with Gasteiger partial charge in [0.15, 0.2) is 0 Å². The highest BCUT2D eigenvalue weighted by molar-refractivity contribution is 7.99. The van der Waals surface area contributed by atoms with Gasteiger partial charge in [-0.25, -0.2) is 4.79 Å². The second kappa shape index (κ2) is 5.82. The summed E-state index contributed by atoms with van der Waals surface area (Å²) in [6.45, 7) is 1.95. The molecule has 1 atom stereocenters. The normalized spacial score (nSPS) is 16.4. The van der Waals surface area contributed by atoms with Crippen molar-refractivity contribution in [3.8, 4) is 0 Å². The number of nitrogens with one attached hydrogen (secondary N) is 1. The standard InChI is InChI=1S/C17H17NO2S/c1-11-12(17(19)20-2)7-5-8-14(11)18-15-10-21-16-9-4-3-6-13(15)16/h3-9,15,18H,10H2,1-2H3. The van der Waals surface area contributed by atoms with Gasteiger partial charge in [-0.15, -0.1) is 11.8 Å². The first-order chi connectivity index (χ1) is 10.2. The van der Waals surface area contributed by atoms with Crippen molar-refractivity contribution in [2.24, 2.45) is 0 Å². The molecule has 1 heterocycles. The first-order valence-electron chi connectivity index (χ1n) is 6.87. The van der Waals surface area contributed by atoms with E-state index in [0.29, 0.717) is 5.56 Å². The zero-order valence-corrected chi connectivity index (χ0v) is 12.9. The van der Waals surface area contributed by atoms with Crippen molar-refractivity contribution in [2.75, 3.05) is 18.2 Å². The van der Waals surface area contributed by atoms with Gasteiger partial charge in [-0.3, -0.25) is 0 Å². The second-order valence-corrected chi connectivity index (χ2v) is 6.08. The number of fused-ring (bicyclic) bond motifs is 1. The molecule has 108 valence electrons. The molecule has 0 bridgehead atoms. The Hall–Kier alpha value is -1.94. The number of hydrogen-bond donors (Lipinski definition) is 1. The third-order valence-corrected chi connectivity index (χ3v) is 4.95. The lowest BCUT2D eigenvalue weighted by atomic mass is 10.0. The summed E-state index contributed by atoms with van der Waals surface area (Å²) < 4.78 is 4.83. The average molecular weight is 299 g/mol. The van der Waals surface area contributed by atoms with Gasteiger partial charge in [0, 0.05) is 16.3 Å². The number of benzene rings is 2. The summed E-state index contributed by atoms with van der Waals surface area (Å²) in [5, 5.41) is 3.56. The fraction of sp³-hybridized carbons (Fsp3) is 0.235. The monoisotopic (exact) mass is 299 g/mol. The van der Waals surface area contributed by atoms with Gasteiger partial charge in [0.05, 0.1) is 18.7 Å². The number of esters is 1. The molecule has 2 aromatic carbocycles. The summed E-state index contributed by atoms with van der Waals surface area (Å²) in [5.41, 5.74) is 3.85. The first kappa shape index (κ1) is 14.0. The quantitative estimate of drug-likeness (QED) is 0.868. The fourth-order valence-electron chi connectivity index (χ4n) is 2.59. The van der Waals surface area contributed by atoms with E-state index in [1.54, 1.807) is 6.07 Å². The fourth-order valence-corrected chi connectivity index (χ4v) is 3.75. The van der Waals surface area contributed by atoms with E-state index in [9.17, 15) is 4.79 Å². The number of methoxy groups -OCH3 is 1. The number of ether oxygens (including phenoxy) is 1. The molecule has 0 saturated carbocycles. The van der Waals surface area contributed by atoms with Gasteiger partial charge in [-0.05, 0) is 36.2 Å². The molecule has 1 N–H and O–H groups in total. The average Bonchev–Trinajstić information content (AvgIpc) is 2.92. The Labute approximate surface area is 128 Å². The Kier molecular flexibility index (Phi) is 3.88. The summed E-state index contributed by atoms with van der Waals surface area (Å²) >= 11 is 1.86. The third-order valence-electron chi connectivity index (χ3n) is 3.77. The van der Waals surface area contributed by atoms with Crippen LogP contribution in [-0.2, 0) is 4.74 Å². The highest BCUT2D eigenvalue weighted by Crippen LogP contribution is 2.40. The second-order valence-electron chi connectivity index (χ2n) is 5.02. The van der Waals surface area contributed by atoms with Crippen molar-refractivity contribution in [3.63, 3.8) is 0 Å². The van der Waals surface area contributed by atoms with Gasteiger partial charge >= 0.3 is 5.97 Å². The zero-order valence-electron chi connectivity index (χ0n) is 12.1. The molecule has 0 aliphatic carbocycles. The maximum absolute atomic E-state index is 11.8. The lowest BCUT2D eigenvalue weighted by Gasteiger charge is -2.18. The van der Waals surface area contributed by atoms with E-state index in [0.717, 1.165) is 17.0 Å². The van der Waals surface area contributed by atoms with Gasteiger partial charge in [0.1, 0.15) is 0 Å². The van der Waals surface area contributed by atoms with Crippen LogP contribution < -0.4 is 5.32 Å². The molecule has 0 fully saturated rings. The molecule has 1 aliphatic heterocycles. The zero-order chi connectivity index (χ0) is 14.8. The van der Waals surface area contributed by atoms with E-state index in [4.69, 9.17) is 4.74 Å². The van der Waals surface area contributed by atoms with Gasteiger partial charge < -0.3 is 10.1 Å². The molecular formula is C17H17NO2S. The molecule has 21 heavy (non-hydrogen) atoms. The van der Waals surface area contributed by atoms with E-state index in [-0.39, 0.29) is 12.0 Å². The van der Waals surface area contributed by atoms with Crippen LogP contribution in [-0.4, -0.2) is 18.8 Å². The first-order valence-corrected chi connectivity index (χ1v) is 7.85. The van der Waals surface area contributed by atoms with E-state index in [2.05, 4.69) is 29.6 Å². The van der Waals surface area contributed by atoms with Crippen LogP contribution >= 0.6 is 11.8 Å². The molecule has 0 amide bonds. The Morgan fingerprint density at radius 1 is 1.24 bits per heavy atom. The molecule has 0 spiro atoms. The molecule has 3 nitrogen and oxygen atoms in total. The van der Waals surface area contributed by atoms with Gasteiger partial charge in [-0.2, -0.15) is 0 Å².